The minimum absolute atomic E-state index is 0.298. The molecular formula is C18H29N3. The van der Waals surface area contributed by atoms with Crippen LogP contribution in [-0.4, -0.2) is 24.2 Å². The Kier molecular flexibility index (Phi) is 6.23. The molecule has 3 heteroatoms. The van der Waals surface area contributed by atoms with E-state index in [2.05, 4.69) is 75.2 Å². The Labute approximate surface area is 130 Å². The lowest BCUT2D eigenvalue weighted by Gasteiger charge is -2.36. The van der Waals surface area contributed by atoms with Crippen molar-refractivity contribution in [2.75, 3.05) is 11.4 Å². The summed E-state index contributed by atoms with van der Waals surface area (Å²) < 4.78 is 0. The highest BCUT2D eigenvalue weighted by Crippen LogP contribution is 2.25. The van der Waals surface area contributed by atoms with E-state index in [1.54, 1.807) is 0 Å². The first kappa shape index (κ1) is 17.5. The van der Waals surface area contributed by atoms with Crippen LogP contribution in [0.15, 0.2) is 24.3 Å². The molecule has 0 fully saturated rings. The van der Waals surface area contributed by atoms with Gasteiger partial charge in [0.05, 0.1) is 6.07 Å². The van der Waals surface area contributed by atoms with Gasteiger partial charge in [0.15, 0.2) is 0 Å². The summed E-state index contributed by atoms with van der Waals surface area (Å²) in [5.41, 5.74) is 2.04. The molecule has 0 saturated carbocycles. The van der Waals surface area contributed by atoms with Crippen molar-refractivity contribution in [2.24, 2.45) is 0 Å². The Morgan fingerprint density at radius 2 is 1.90 bits per heavy atom. The van der Waals surface area contributed by atoms with Gasteiger partial charge < -0.3 is 4.90 Å². The molecule has 116 valence electrons. The van der Waals surface area contributed by atoms with Gasteiger partial charge in [-0.25, -0.2) is 0 Å². The maximum Gasteiger partial charge on any atom is 0.106 e. The number of nitrogens with one attached hydrogen (secondary N) is 1. The molecule has 21 heavy (non-hydrogen) atoms. The Bertz CT molecular complexity index is 489. The highest BCUT2D eigenvalue weighted by Gasteiger charge is 2.29. The third-order valence-electron chi connectivity index (χ3n) is 3.86. The summed E-state index contributed by atoms with van der Waals surface area (Å²) in [7, 11) is 0. The van der Waals surface area contributed by atoms with E-state index in [0.717, 1.165) is 13.0 Å². The van der Waals surface area contributed by atoms with E-state index in [-0.39, 0.29) is 0 Å². The molecule has 3 nitrogen and oxygen atoms in total. The van der Waals surface area contributed by atoms with Crippen LogP contribution in [0.25, 0.3) is 0 Å². The van der Waals surface area contributed by atoms with E-state index in [4.69, 9.17) is 0 Å². The molecule has 0 bridgehead atoms. The fourth-order valence-corrected chi connectivity index (χ4v) is 3.08. The number of rotatable bonds is 7. The van der Waals surface area contributed by atoms with E-state index in [1.165, 1.54) is 11.3 Å². The maximum atomic E-state index is 9.53. The predicted molar refractivity (Wildman–Crippen MR) is 90.6 cm³/mol. The molecule has 0 spiro atoms. The molecule has 2 atom stereocenters. The lowest BCUT2D eigenvalue weighted by molar-refractivity contribution is 0.355. The number of nitriles is 1. The lowest BCUT2D eigenvalue weighted by atomic mass is 9.93. The van der Waals surface area contributed by atoms with Gasteiger partial charge in [-0.15, -0.1) is 0 Å². The molecule has 1 N–H and O–H groups in total. The fraction of sp³-hybridized carbons (Fsp3) is 0.611. The largest absolute Gasteiger partial charge is 0.369 e. The van der Waals surface area contributed by atoms with Crippen molar-refractivity contribution >= 4 is 5.69 Å². The summed E-state index contributed by atoms with van der Waals surface area (Å²) in [5.74, 6) is 0. The maximum absolute atomic E-state index is 9.53. The SMILES string of the molecule is CCN(c1ccccc1C)C(C)CC(C)(C#N)NC(C)C. The molecule has 0 aromatic heterocycles. The first-order chi connectivity index (χ1) is 9.83. The summed E-state index contributed by atoms with van der Waals surface area (Å²) in [6, 6.07) is 11.5. The minimum Gasteiger partial charge on any atom is -0.369 e. The van der Waals surface area contributed by atoms with Gasteiger partial charge in [0.2, 0.25) is 0 Å². The predicted octanol–water partition coefficient (Wildman–Crippen LogP) is 3.88. The Morgan fingerprint density at radius 3 is 2.38 bits per heavy atom. The standard InChI is InChI=1S/C18H29N3/c1-7-21(17-11-9-8-10-15(17)4)16(5)12-18(6,13-19)20-14(2)3/h8-11,14,16,20H,7,12H2,1-6H3. The van der Waals surface area contributed by atoms with Gasteiger partial charge in [-0.1, -0.05) is 18.2 Å². The van der Waals surface area contributed by atoms with Crippen LogP contribution in [0.1, 0.15) is 46.6 Å². The van der Waals surface area contributed by atoms with Gasteiger partial charge in [0.25, 0.3) is 0 Å². The molecule has 0 radical (unpaired) electrons. The minimum atomic E-state index is -0.496. The highest BCUT2D eigenvalue weighted by atomic mass is 15.2. The van der Waals surface area contributed by atoms with Crippen LogP contribution < -0.4 is 10.2 Å². The number of hydrogen-bond donors (Lipinski definition) is 1. The number of benzene rings is 1. The van der Waals surface area contributed by atoms with Crippen LogP contribution in [0.4, 0.5) is 5.69 Å². The van der Waals surface area contributed by atoms with Gasteiger partial charge in [-0.2, -0.15) is 5.26 Å². The quantitative estimate of drug-likeness (QED) is 0.827. The second-order valence-electron chi connectivity index (χ2n) is 6.37. The van der Waals surface area contributed by atoms with E-state index in [1.807, 2.05) is 6.92 Å². The first-order valence-corrected chi connectivity index (χ1v) is 7.84. The highest BCUT2D eigenvalue weighted by molar-refractivity contribution is 5.53. The van der Waals surface area contributed by atoms with Crippen molar-refractivity contribution in [3.8, 4) is 6.07 Å². The number of anilines is 1. The summed E-state index contributed by atoms with van der Waals surface area (Å²) >= 11 is 0. The summed E-state index contributed by atoms with van der Waals surface area (Å²) in [4.78, 5) is 2.38. The van der Waals surface area contributed by atoms with Crippen LogP contribution in [0.2, 0.25) is 0 Å². The zero-order chi connectivity index (χ0) is 16.0. The summed E-state index contributed by atoms with van der Waals surface area (Å²) in [5, 5.41) is 12.9. The second kappa shape index (κ2) is 7.47. The molecule has 2 unspecified atom stereocenters. The van der Waals surface area contributed by atoms with Crippen LogP contribution in [-0.2, 0) is 0 Å². The van der Waals surface area contributed by atoms with Crippen LogP contribution >= 0.6 is 0 Å². The van der Waals surface area contributed by atoms with Crippen molar-refractivity contribution in [1.82, 2.24) is 5.32 Å². The molecular weight excluding hydrogens is 258 g/mol. The van der Waals surface area contributed by atoms with Gasteiger partial charge in [0.1, 0.15) is 5.54 Å². The molecule has 1 rings (SSSR count). The first-order valence-electron chi connectivity index (χ1n) is 7.84. The third-order valence-corrected chi connectivity index (χ3v) is 3.86. The van der Waals surface area contributed by atoms with E-state index >= 15 is 0 Å². The Balaban J connectivity index is 2.92. The van der Waals surface area contributed by atoms with Crippen LogP contribution in [0.3, 0.4) is 0 Å². The number of aryl methyl sites for hydroxylation is 1. The van der Waals surface area contributed by atoms with Crippen molar-refractivity contribution < 1.29 is 0 Å². The lowest BCUT2D eigenvalue weighted by Crippen LogP contribution is -2.49. The molecule has 0 heterocycles. The molecule has 0 amide bonds. The van der Waals surface area contributed by atoms with Crippen molar-refractivity contribution in [2.45, 2.75) is 65.6 Å². The molecule has 0 aliphatic heterocycles. The smallest absolute Gasteiger partial charge is 0.106 e. The third kappa shape index (κ3) is 4.75. The van der Waals surface area contributed by atoms with Crippen LogP contribution in [0, 0.1) is 18.3 Å². The molecule has 1 aromatic carbocycles. The van der Waals surface area contributed by atoms with Gasteiger partial charge in [-0.3, -0.25) is 5.32 Å². The van der Waals surface area contributed by atoms with Gasteiger partial charge in [-0.05, 0) is 59.6 Å². The topological polar surface area (TPSA) is 39.1 Å². The number of hydrogen-bond acceptors (Lipinski definition) is 3. The molecule has 1 aromatic rings. The average Bonchev–Trinajstić information content (AvgIpc) is 2.40. The van der Waals surface area contributed by atoms with Crippen molar-refractivity contribution in [3.63, 3.8) is 0 Å². The van der Waals surface area contributed by atoms with Gasteiger partial charge >= 0.3 is 0 Å². The zero-order valence-corrected chi connectivity index (χ0v) is 14.3. The van der Waals surface area contributed by atoms with E-state index < -0.39 is 5.54 Å². The molecule has 0 aliphatic rings. The second-order valence-corrected chi connectivity index (χ2v) is 6.37. The summed E-state index contributed by atoms with van der Waals surface area (Å²) in [6.07, 6.45) is 0.795. The van der Waals surface area contributed by atoms with Crippen molar-refractivity contribution in [1.29, 1.82) is 5.26 Å². The number of para-hydroxylation sites is 1. The van der Waals surface area contributed by atoms with E-state index in [9.17, 15) is 5.26 Å². The average molecular weight is 287 g/mol. The summed E-state index contributed by atoms with van der Waals surface area (Å²) in [6.45, 7) is 13.6. The van der Waals surface area contributed by atoms with E-state index in [0.29, 0.717) is 12.1 Å². The Hall–Kier alpha value is -1.53. The van der Waals surface area contributed by atoms with Crippen LogP contribution in [0.5, 0.6) is 0 Å². The number of nitrogens with zero attached hydrogens (tertiary/aromatic N) is 2. The van der Waals surface area contributed by atoms with Crippen molar-refractivity contribution in [3.05, 3.63) is 29.8 Å². The monoisotopic (exact) mass is 287 g/mol. The molecule has 0 aliphatic carbocycles. The fourth-order valence-electron chi connectivity index (χ4n) is 3.08. The molecule has 0 saturated heterocycles. The normalized spacial score (nSPS) is 15.3. The zero-order valence-electron chi connectivity index (χ0n) is 14.3. The Morgan fingerprint density at radius 1 is 1.29 bits per heavy atom. The van der Waals surface area contributed by atoms with Gasteiger partial charge in [0, 0.05) is 24.3 Å².